The summed E-state index contributed by atoms with van der Waals surface area (Å²) in [6.07, 6.45) is 0. The largest absolute Gasteiger partial charge is 0.484 e. The lowest BCUT2D eigenvalue weighted by atomic mass is 10.1. The first-order valence-corrected chi connectivity index (χ1v) is 8.21. The molecule has 0 aliphatic heterocycles. The van der Waals surface area contributed by atoms with Crippen LogP contribution in [0.15, 0.2) is 48.5 Å². The number of likely N-dealkylation sites (N-methyl/N-ethyl adjacent to an activating group) is 1. The van der Waals surface area contributed by atoms with Gasteiger partial charge in [-0.15, -0.1) is 12.4 Å². The number of halogens is 1. The SMILES string of the molecule is CCN(CC)C(=O)COc1cccc(NC(=O)c2ccccc2N)c1.Cl. The maximum absolute atomic E-state index is 12.3. The number of nitrogens with two attached hydrogens (primary N) is 1. The van der Waals surface area contributed by atoms with E-state index in [0.29, 0.717) is 35.8 Å². The number of para-hydroxylation sites is 1. The van der Waals surface area contributed by atoms with Crippen molar-refractivity contribution in [3.63, 3.8) is 0 Å². The molecule has 3 N–H and O–H groups in total. The molecule has 0 saturated carbocycles. The highest BCUT2D eigenvalue weighted by molar-refractivity contribution is 6.07. The van der Waals surface area contributed by atoms with Gasteiger partial charge in [-0.3, -0.25) is 9.59 Å². The maximum atomic E-state index is 12.3. The van der Waals surface area contributed by atoms with Gasteiger partial charge in [-0.1, -0.05) is 18.2 Å². The smallest absolute Gasteiger partial charge is 0.260 e. The Kier molecular flexibility index (Phi) is 8.45. The van der Waals surface area contributed by atoms with Crippen LogP contribution < -0.4 is 15.8 Å². The Morgan fingerprint density at radius 3 is 2.42 bits per heavy atom. The van der Waals surface area contributed by atoms with Gasteiger partial charge in [0.25, 0.3) is 11.8 Å². The Hall–Kier alpha value is -2.73. The fraction of sp³-hybridized carbons (Fsp3) is 0.263. The van der Waals surface area contributed by atoms with Crippen LogP contribution in [-0.2, 0) is 4.79 Å². The lowest BCUT2D eigenvalue weighted by Crippen LogP contribution is -2.34. The van der Waals surface area contributed by atoms with Crippen molar-refractivity contribution >= 4 is 35.6 Å². The van der Waals surface area contributed by atoms with Crippen LogP contribution >= 0.6 is 12.4 Å². The van der Waals surface area contributed by atoms with E-state index in [9.17, 15) is 9.59 Å². The number of rotatable bonds is 7. The molecule has 0 spiro atoms. The average molecular weight is 378 g/mol. The number of anilines is 2. The summed E-state index contributed by atoms with van der Waals surface area (Å²) in [6, 6.07) is 13.8. The number of nitrogens with one attached hydrogen (secondary N) is 1. The van der Waals surface area contributed by atoms with E-state index < -0.39 is 0 Å². The van der Waals surface area contributed by atoms with E-state index in [1.807, 2.05) is 13.8 Å². The number of amides is 2. The molecule has 7 heteroatoms. The molecule has 0 heterocycles. The molecule has 140 valence electrons. The predicted molar refractivity (Wildman–Crippen MR) is 106 cm³/mol. The second-order valence-corrected chi connectivity index (χ2v) is 5.42. The Morgan fingerprint density at radius 2 is 1.77 bits per heavy atom. The minimum Gasteiger partial charge on any atom is -0.484 e. The monoisotopic (exact) mass is 377 g/mol. The zero-order chi connectivity index (χ0) is 18.2. The van der Waals surface area contributed by atoms with E-state index in [1.54, 1.807) is 53.4 Å². The molecule has 2 amide bonds. The molecule has 6 nitrogen and oxygen atoms in total. The second kappa shape index (κ2) is 10.3. The van der Waals surface area contributed by atoms with Crippen LogP contribution in [0.25, 0.3) is 0 Å². The fourth-order valence-corrected chi connectivity index (χ4v) is 2.38. The highest BCUT2D eigenvalue weighted by Crippen LogP contribution is 2.19. The number of hydrogen-bond donors (Lipinski definition) is 2. The normalized spacial score (nSPS) is 9.77. The summed E-state index contributed by atoms with van der Waals surface area (Å²) in [6.45, 7) is 5.10. The van der Waals surface area contributed by atoms with Gasteiger partial charge < -0.3 is 20.7 Å². The molecular weight excluding hydrogens is 354 g/mol. The summed E-state index contributed by atoms with van der Waals surface area (Å²) in [5, 5.41) is 2.78. The van der Waals surface area contributed by atoms with Gasteiger partial charge in [0.2, 0.25) is 0 Å². The summed E-state index contributed by atoms with van der Waals surface area (Å²) in [5.41, 5.74) is 7.21. The molecule has 0 fully saturated rings. The lowest BCUT2D eigenvalue weighted by Gasteiger charge is -2.18. The number of nitrogens with zero attached hydrogens (tertiary/aromatic N) is 1. The summed E-state index contributed by atoms with van der Waals surface area (Å²) in [4.78, 5) is 26.0. The number of carbonyl (C=O) groups excluding carboxylic acids is 2. The van der Waals surface area contributed by atoms with Gasteiger partial charge in [0.15, 0.2) is 6.61 Å². The van der Waals surface area contributed by atoms with E-state index in [-0.39, 0.29) is 30.8 Å². The van der Waals surface area contributed by atoms with Gasteiger partial charge in [0.1, 0.15) is 5.75 Å². The van der Waals surface area contributed by atoms with Gasteiger partial charge in [0.05, 0.1) is 5.56 Å². The first-order valence-electron chi connectivity index (χ1n) is 8.21. The van der Waals surface area contributed by atoms with Gasteiger partial charge in [-0.05, 0) is 38.1 Å². The van der Waals surface area contributed by atoms with Crippen LogP contribution in [-0.4, -0.2) is 36.4 Å². The Morgan fingerprint density at radius 1 is 1.08 bits per heavy atom. The molecule has 0 saturated heterocycles. The zero-order valence-corrected chi connectivity index (χ0v) is 15.7. The number of ether oxygens (including phenoxy) is 1. The molecule has 2 aromatic rings. The molecule has 0 atom stereocenters. The van der Waals surface area contributed by atoms with Crippen molar-refractivity contribution in [1.29, 1.82) is 0 Å². The van der Waals surface area contributed by atoms with Crippen molar-refractivity contribution in [2.75, 3.05) is 30.7 Å². The molecule has 0 unspecified atom stereocenters. The third kappa shape index (κ3) is 5.67. The van der Waals surface area contributed by atoms with Crippen molar-refractivity contribution < 1.29 is 14.3 Å². The molecule has 0 bridgehead atoms. The predicted octanol–water partition coefficient (Wildman–Crippen LogP) is 3.19. The topological polar surface area (TPSA) is 84.7 Å². The van der Waals surface area contributed by atoms with Crippen molar-refractivity contribution in [1.82, 2.24) is 4.90 Å². The molecule has 0 aliphatic carbocycles. The van der Waals surface area contributed by atoms with Crippen LogP contribution in [0.2, 0.25) is 0 Å². The first-order chi connectivity index (χ1) is 12.0. The maximum Gasteiger partial charge on any atom is 0.260 e. The van der Waals surface area contributed by atoms with E-state index in [0.717, 1.165) is 0 Å². The van der Waals surface area contributed by atoms with Crippen LogP contribution in [0.4, 0.5) is 11.4 Å². The van der Waals surface area contributed by atoms with E-state index in [2.05, 4.69) is 5.32 Å². The summed E-state index contributed by atoms with van der Waals surface area (Å²) in [5.74, 6) is 0.144. The summed E-state index contributed by atoms with van der Waals surface area (Å²) >= 11 is 0. The van der Waals surface area contributed by atoms with E-state index in [1.165, 1.54) is 0 Å². The minimum absolute atomic E-state index is 0. The highest BCUT2D eigenvalue weighted by Gasteiger charge is 2.12. The molecule has 0 aromatic heterocycles. The van der Waals surface area contributed by atoms with Crippen LogP contribution in [0.3, 0.4) is 0 Å². The second-order valence-electron chi connectivity index (χ2n) is 5.42. The van der Waals surface area contributed by atoms with Crippen molar-refractivity contribution in [2.45, 2.75) is 13.8 Å². The first kappa shape index (κ1) is 21.3. The van der Waals surface area contributed by atoms with E-state index >= 15 is 0 Å². The number of carbonyl (C=O) groups is 2. The number of nitrogen functional groups attached to an aromatic ring is 1. The van der Waals surface area contributed by atoms with Gasteiger partial charge in [-0.25, -0.2) is 0 Å². The third-order valence-corrected chi connectivity index (χ3v) is 3.78. The van der Waals surface area contributed by atoms with Gasteiger partial charge >= 0.3 is 0 Å². The lowest BCUT2D eigenvalue weighted by molar-refractivity contribution is -0.132. The molecule has 0 aliphatic rings. The average Bonchev–Trinajstić information content (AvgIpc) is 2.61. The van der Waals surface area contributed by atoms with Crippen molar-refractivity contribution in [3.05, 3.63) is 54.1 Å². The minimum atomic E-state index is -0.297. The van der Waals surface area contributed by atoms with E-state index in [4.69, 9.17) is 10.5 Å². The van der Waals surface area contributed by atoms with Crippen LogP contribution in [0.5, 0.6) is 5.75 Å². The molecule has 2 rings (SSSR count). The standard InChI is InChI=1S/C19H23N3O3.ClH/c1-3-22(4-2)18(23)13-25-15-9-7-8-14(12-15)21-19(24)16-10-5-6-11-17(16)20;/h5-12H,3-4,13,20H2,1-2H3,(H,21,24);1H. The van der Waals surface area contributed by atoms with Gasteiger partial charge in [0, 0.05) is 30.5 Å². The Bertz CT molecular complexity index is 748. The van der Waals surface area contributed by atoms with Crippen molar-refractivity contribution in [3.8, 4) is 5.75 Å². The molecule has 2 aromatic carbocycles. The quantitative estimate of drug-likeness (QED) is 0.726. The molecule has 26 heavy (non-hydrogen) atoms. The molecule has 0 radical (unpaired) electrons. The van der Waals surface area contributed by atoms with Crippen LogP contribution in [0, 0.1) is 0 Å². The fourth-order valence-electron chi connectivity index (χ4n) is 2.38. The number of hydrogen-bond acceptors (Lipinski definition) is 4. The Balaban J connectivity index is 0.00000338. The van der Waals surface area contributed by atoms with Crippen LogP contribution in [0.1, 0.15) is 24.2 Å². The zero-order valence-electron chi connectivity index (χ0n) is 14.9. The highest BCUT2D eigenvalue weighted by atomic mass is 35.5. The van der Waals surface area contributed by atoms with Gasteiger partial charge in [-0.2, -0.15) is 0 Å². The number of benzene rings is 2. The third-order valence-electron chi connectivity index (χ3n) is 3.78. The Labute approximate surface area is 159 Å². The summed E-state index contributed by atoms with van der Waals surface area (Å²) < 4.78 is 5.54. The summed E-state index contributed by atoms with van der Waals surface area (Å²) in [7, 11) is 0. The molecular formula is C19H24ClN3O3. The van der Waals surface area contributed by atoms with Crippen molar-refractivity contribution in [2.24, 2.45) is 0 Å².